The minimum Gasteiger partial charge on any atom is -0.471 e. The number of imidazole rings is 1. The largest absolute Gasteiger partial charge is 0.471 e. The van der Waals surface area contributed by atoms with Gasteiger partial charge in [0, 0.05) is 64.2 Å². The number of halogens is 4. The number of rotatable bonds is 9. The summed E-state index contributed by atoms with van der Waals surface area (Å²) in [4.78, 5) is 56.1. The number of aromatic nitrogens is 6. The van der Waals surface area contributed by atoms with Gasteiger partial charge in [0.1, 0.15) is 0 Å². The summed E-state index contributed by atoms with van der Waals surface area (Å²) in [5.74, 6) is -0.844. The lowest BCUT2D eigenvalue weighted by Crippen LogP contribution is -2.52. The lowest BCUT2D eigenvalue weighted by Gasteiger charge is -2.36. The third-order valence-electron chi connectivity index (χ3n) is 9.25. The Labute approximate surface area is 313 Å². The first-order chi connectivity index (χ1) is 25.6. The second-order valence-electron chi connectivity index (χ2n) is 13.5. The van der Waals surface area contributed by atoms with E-state index in [1.165, 1.54) is 56.4 Å². The highest BCUT2D eigenvalue weighted by Crippen LogP contribution is 2.37. The number of hydrogen-bond acceptors (Lipinski definition) is 9. The van der Waals surface area contributed by atoms with Crippen LogP contribution >= 0.6 is 11.6 Å². The second kappa shape index (κ2) is 16.4. The van der Waals surface area contributed by atoms with Crippen LogP contribution in [0.5, 0.6) is 0 Å². The standard InChI is InChI=1S/C32H36ClF3N10O4.C2H4O2/c1-42-25(23-16-45(41-26(23)32(34,35)36)27-20(18-50-4)14-38-40-27)15-37-28(42)29(47)39-21-5-6-22(24(33)13-21)31(49)44-10-8-43(9-11-44)30(48)19-7-12-46(2,3)17-19;1-4-2-3/h5-6,13-16,19H,7-12,17-18H2,1-4H3,(H-,38,39,40,47,49);2H,1H3/p+1. The van der Waals surface area contributed by atoms with Crippen LogP contribution in [0, 0.1) is 5.92 Å². The van der Waals surface area contributed by atoms with Gasteiger partial charge in [0.15, 0.2) is 17.3 Å². The number of nitrogens with one attached hydrogen (secondary N) is 2. The van der Waals surface area contributed by atoms with Crippen molar-refractivity contribution in [3.05, 3.63) is 64.5 Å². The summed E-state index contributed by atoms with van der Waals surface area (Å²) in [7, 11) is 8.41. The molecule has 3 amide bonds. The average Bonchev–Trinajstić information content (AvgIpc) is 3.94. The number of likely N-dealkylation sites (tertiary alicyclic amines) is 1. The van der Waals surface area contributed by atoms with Crippen LogP contribution in [0.2, 0.25) is 5.02 Å². The molecule has 0 bridgehead atoms. The van der Waals surface area contributed by atoms with Gasteiger partial charge in [0.25, 0.3) is 18.3 Å². The highest BCUT2D eigenvalue weighted by molar-refractivity contribution is 6.34. The Morgan fingerprint density at radius 3 is 2.39 bits per heavy atom. The zero-order chi connectivity index (χ0) is 39.4. The Kier molecular flexibility index (Phi) is 12.1. The molecule has 16 nitrogen and oxygen atoms in total. The van der Waals surface area contributed by atoms with E-state index in [1.54, 1.807) is 4.90 Å². The van der Waals surface area contributed by atoms with Crippen molar-refractivity contribution >= 4 is 41.5 Å². The molecule has 2 saturated heterocycles. The van der Waals surface area contributed by atoms with Crippen LogP contribution in [-0.4, -0.2) is 136 Å². The molecule has 4 aromatic rings. The van der Waals surface area contributed by atoms with E-state index in [2.05, 4.69) is 44.4 Å². The first-order valence-electron chi connectivity index (χ1n) is 16.8. The Morgan fingerprint density at radius 1 is 1.11 bits per heavy atom. The van der Waals surface area contributed by atoms with Gasteiger partial charge in [-0.2, -0.15) is 23.4 Å². The molecule has 0 saturated carbocycles. The first-order valence-corrected chi connectivity index (χ1v) is 17.1. The zero-order valence-electron chi connectivity index (χ0n) is 30.3. The van der Waals surface area contributed by atoms with Crippen molar-refractivity contribution in [3.8, 4) is 17.1 Å². The Balaban J connectivity index is 0.00000133. The second-order valence-corrected chi connectivity index (χ2v) is 13.9. The molecule has 1 atom stereocenters. The van der Waals surface area contributed by atoms with Gasteiger partial charge >= 0.3 is 6.18 Å². The lowest BCUT2D eigenvalue weighted by atomic mass is 10.1. The van der Waals surface area contributed by atoms with Gasteiger partial charge in [-0.05, 0) is 18.2 Å². The molecular weight excluding hydrogens is 737 g/mol. The van der Waals surface area contributed by atoms with Crippen molar-refractivity contribution in [1.29, 1.82) is 0 Å². The fourth-order valence-corrected chi connectivity index (χ4v) is 6.78. The summed E-state index contributed by atoms with van der Waals surface area (Å²) >= 11 is 6.50. The number of methoxy groups -OCH3 is 2. The van der Waals surface area contributed by atoms with Crippen LogP contribution in [0.15, 0.2) is 36.8 Å². The molecule has 20 heteroatoms. The summed E-state index contributed by atoms with van der Waals surface area (Å²) in [6.07, 6.45) is -0.196. The van der Waals surface area contributed by atoms with Crippen molar-refractivity contribution in [2.75, 3.05) is 72.9 Å². The number of carbonyl (C=O) groups is 4. The summed E-state index contributed by atoms with van der Waals surface area (Å²) in [5, 5.41) is 13.0. The molecule has 5 heterocycles. The SMILES string of the molecule is COC=O.COCc1cn[nH]c1-n1cc(-c2cnc(C(=O)Nc3ccc(C(=O)N4CCN(C(=O)C5CC[N+](C)(C)C5)CC4)c(Cl)c3)n2C)c(C(F)(F)F)n1. The predicted molar refractivity (Wildman–Crippen MR) is 189 cm³/mol. The third kappa shape index (κ3) is 8.74. The molecule has 0 spiro atoms. The molecule has 2 fully saturated rings. The Bertz CT molecular complexity index is 2000. The number of benzene rings is 1. The number of nitrogens with zero attached hydrogens (tertiary/aromatic N) is 8. The monoisotopic (exact) mass is 777 g/mol. The van der Waals surface area contributed by atoms with Gasteiger partial charge in [-0.1, -0.05) is 11.6 Å². The van der Waals surface area contributed by atoms with Crippen LogP contribution in [-0.2, 0) is 38.9 Å². The van der Waals surface area contributed by atoms with Crippen LogP contribution in [0.1, 0.15) is 38.7 Å². The molecule has 1 unspecified atom stereocenters. The van der Waals surface area contributed by atoms with Crippen molar-refractivity contribution < 1.29 is 46.3 Å². The fourth-order valence-electron chi connectivity index (χ4n) is 6.52. The molecule has 54 heavy (non-hydrogen) atoms. The van der Waals surface area contributed by atoms with Gasteiger partial charge in [-0.3, -0.25) is 24.3 Å². The number of piperazine rings is 1. The van der Waals surface area contributed by atoms with Crippen LogP contribution in [0.3, 0.4) is 0 Å². The van der Waals surface area contributed by atoms with E-state index in [0.29, 0.717) is 38.2 Å². The summed E-state index contributed by atoms with van der Waals surface area (Å²) in [6, 6.07) is 4.43. The van der Waals surface area contributed by atoms with E-state index in [9.17, 15) is 27.6 Å². The highest BCUT2D eigenvalue weighted by Gasteiger charge is 2.40. The van der Waals surface area contributed by atoms with Gasteiger partial charge in [-0.25, -0.2) is 9.67 Å². The van der Waals surface area contributed by atoms with Crippen molar-refractivity contribution in [2.45, 2.75) is 19.2 Å². The van der Waals surface area contributed by atoms with Crippen molar-refractivity contribution in [3.63, 3.8) is 0 Å². The van der Waals surface area contributed by atoms with Crippen molar-refractivity contribution in [1.82, 2.24) is 39.3 Å². The topological polar surface area (TPSA) is 170 Å². The molecule has 2 aliphatic heterocycles. The average molecular weight is 778 g/mol. The maximum Gasteiger partial charge on any atom is 0.435 e. The van der Waals surface area contributed by atoms with Crippen LogP contribution < -0.4 is 5.32 Å². The number of carbonyl (C=O) groups excluding carboxylic acids is 4. The first kappa shape index (κ1) is 39.9. The van der Waals surface area contributed by atoms with Crippen molar-refractivity contribution in [2.24, 2.45) is 13.0 Å². The molecule has 1 aromatic carbocycles. The van der Waals surface area contributed by atoms with Gasteiger partial charge in [0.2, 0.25) is 5.91 Å². The predicted octanol–water partition coefficient (Wildman–Crippen LogP) is 3.24. The van der Waals surface area contributed by atoms with E-state index in [-0.39, 0.29) is 63.5 Å². The molecule has 2 N–H and O–H groups in total. The van der Waals surface area contributed by atoms with Gasteiger partial charge < -0.3 is 33.6 Å². The van der Waals surface area contributed by atoms with Crippen LogP contribution in [0.25, 0.3) is 17.1 Å². The molecule has 2 aliphatic rings. The quantitative estimate of drug-likeness (QED) is 0.192. The number of H-pyrrole nitrogens is 1. The molecule has 0 aliphatic carbocycles. The molecule has 3 aromatic heterocycles. The van der Waals surface area contributed by atoms with E-state index in [4.69, 9.17) is 21.1 Å². The van der Waals surface area contributed by atoms with E-state index in [0.717, 1.165) is 34.9 Å². The van der Waals surface area contributed by atoms with E-state index in [1.807, 2.05) is 4.90 Å². The number of quaternary nitrogens is 1. The molecule has 0 radical (unpaired) electrons. The lowest BCUT2D eigenvalue weighted by molar-refractivity contribution is -0.878. The third-order valence-corrected chi connectivity index (χ3v) is 9.57. The van der Waals surface area contributed by atoms with E-state index < -0.39 is 17.8 Å². The summed E-state index contributed by atoms with van der Waals surface area (Å²) in [5.41, 5.74) is -0.507. The Hall–Kier alpha value is -5.27. The summed E-state index contributed by atoms with van der Waals surface area (Å²) in [6.45, 7) is 3.87. The molecule has 6 rings (SSSR count). The molecule has 290 valence electrons. The number of aromatic amines is 1. The minimum atomic E-state index is -4.82. The Morgan fingerprint density at radius 2 is 1.80 bits per heavy atom. The number of hydrogen-bond donors (Lipinski definition) is 2. The van der Waals surface area contributed by atoms with Gasteiger partial charge in [-0.15, -0.1) is 0 Å². The van der Waals surface area contributed by atoms with Crippen LogP contribution in [0.4, 0.5) is 18.9 Å². The number of alkyl halides is 3. The maximum atomic E-state index is 14.1. The summed E-state index contributed by atoms with van der Waals surface area (Å²) < 4.78 is 54.4. The maximum absolute atomic E-state index is 14.1. The number of ether oxygens (including phenoxy) is 2. The zero-order valence-corrected chi connectivity index (χ0v) is 31.1. The van der Waals surface area contributed by atoms with Gasteiger partial charge in [0.05, 0.1) is 81.1 Å². The fraction of sp³-hybridized carbons (Fsp3) is 0.441. The number of anilines is 1. The van der Waals surface area contributed by atoms with E-state index >= 15 is 0 Å². The molecular formula is C34H41ClF3N10O6+. The highest BCUT2D eigenvalue weighted by atomic mass is 35.5. The normalized spacial score (nSPS) is 16.8. The number of amides is 3. The smallest absolute Gasteiger partial charge is 0.435 e. The minimum absolute atomic E-state index is 0.000450.